The van der Waals surface area contributed by atoms with Crippen molar-refractivity contribution in [3.05, 3.63) is 35.4 Å². The first kappa shape index (κ1) is 12.6. The first-order valence-corrected chi connectivity index (χ1v) is 6.16. The summed E-state index contributed by atoms with van der Waals surface area (Å²) < 4.78 is 0. The predicted molar refractivity (Wildman–Crippen MR) is 68.8 cm³/mol. The number of hydrogen-bond acceptors (Lipinski definition) is 2. The molecule has 0 aliphatic carbocycles. The number of carbonyl (C=O) groups is 2. The fourth-order valence-electron chi connectivity index (χ4n) is 2.16. The summed E-state index contributed by atoms with van der Waals surface area (Å²) in [5, 5.41) is 2.68. The van der Waals surface area contributed by atoms with Crippen LogP contribution in [0.1, 0.15) is 25.0 Å². The van der Waals surface area contributed by atoms with E-state index in [4.69, 9.17) is 0 Å². The molecule has 4 nitrogen and oxygen atoms in total. The lowest BCUT2D eigenvalue weighted by Gasteiger charge is -2.36. The lowest BCUT2D eigenvalue weighted by Crippen LogP contribution is -2.60. The Hall–Kier alpha value is -1.84. The summed E-state index contributed by atoms with van der Waals surface area (Å²) in [6, 6.07) is 7.08. The van der Waals surface area contributed by atoms with Crippen LogP contribution in [0.15, 0.2) is 24.3 Å². The average molecular weight is 246 g/mol. The van der Waals surface area contributed by atoms with Gasteiger partial charge in [0.25, 0.3) is 0 Å². The standard InChI is InChI=1S/C14H18N2O2/c1-9-6-4-5-7-12(9)8-16-11(3)13(17)15-10(2)14(16)18/h4-7,10-11H,8H2,1-3H3,(H,15,17). The predicted octanol–water partition coefficient (Wildman–Crippen LogP) is 1.23. The van der Waals surface area contributed by atoms with Crippen molar-refractivity contribution in [3.8, 4) is 0 Å². The van der Waals surface area contributed by atoms with Crippen LogP contribution in [0.3, 0.4) is 0 Å². The van der Waals surface area contributed by atoms with Crippen molar-refractivity contribution in [1.29, 1.82) is 0 Å². The highest BCUT2D eigenvalue weighted by molar-refractivity contribution is 5.96. The summed E-state index contributed by atoms with van der Waals surface area (Å²) in [4.78, 5) is 25.5. The van der Waals surface area contributed by atoms with Gasteiger partial charge in [-0.1, -0.05) is 24.3 Å². The number of nitrogens with one attached hydrogen (secondary N) is 1. The first-order valence-electron chi connectivity index (χ1n) is 6.16. The number of amides is 2. The van der Waals surface area contributed by atoms with Gasteiger partial charge >= 0.3 is 0 Å². The van der Waals surface area contributed by atoms with E-state index in [9.17, 15) is 9.59 Å². The van der Waals surface area contributed by atoms with Crippen LogP contribution >= 0.6 is 0 Å². The molecule has 1 heterocycles. The molecule has 2 atom stereocenters. The van der Waals surface area contributed by atoms with E-state index in [-0.39, 0.29) is 11.8 Å². The molecule has 0 bridgehead atoms. The molecule has 1 fully saturated rings. The molecule has 0 aromatic heterocycles. The average Bonchev–Trinajstić information content (AvgIpc) is 2.34. The van der Waals surface area contributed by atoms with Gasteiger partial charge in [-0.15, -0.1) is 0 Å². The maximum Gasteiger partial charge on any atom is 0.245 e. The Labute approximate surface area is 107 Å². The normalized spacial score (nSPS) is 24.1. The number of hydrogen-bond donors (Lipinski definition) is 1. The molecule has 2 amide bonds. The Morgan fingerprint density at radius 3 is 2.56 bits per heavy atom. The molecule has 2 unspecified atom stereocenters. The number of carbonyl (C=O) groups excluding carboxylic acids is 2. The summed E-state index contributed by atoms with van der Waals surface area (Å²) >= 11 is 0. The number of aryl methyl sites for hydroxylation is 1. The highest BCUT2D eigenvalue weighted by atomic mass is 16.2. The molecule has 2 rings (SSSR count). The molecule has 18 heavy (non-hydrogen) atoms. The van der Waals surface area contributed by atoms with E-state index in [1.54, 1.807) is 18.7 Å². The van der Waals surface area contributed by atoms with Gasteiger partial charge in [-0.25, -0.2) is 0 Å². The van der Waals surface area contributed by atoms with Crippen molar-refractivity contribution in [3.63, 3.8) is 0 Å². The molecule has 1 saturated heterocycles. The van der Waals surface area contributed by atoms with Crippen LogP contribution in [0.4, 0.5) is 0 Å². The lowest BCUT2D eigenvalue weighted by molar-refractivity contribution is -0.148. The van der Waals surface area contributed by atoms with Crippen LogP contribution in [0, 0.1) is 6.92 Å². The van der Waals surface area contributed by atoms with Crippen molar-refractivity contribution in [1.82, 2.24) is 10.2 Å². The van der Waals surface area contributed by atoms with Gasteiger partial charge in [-0.3, -0.25) is 9.59 Å². The third-order valence-electron chi connectivity index (χ3n) is 3.46. The second-order valence-corrected chi connectivity index (χ2v) is 4.80. The number of nitrogens with zero attached hydrogens (tertiary/aromatic N) is 1. The van der Waals surface area contributed by atoms with Gasteiger partial charge in [0.2, 0.25) is 11.8 Å². The van der Waals surface area contributed by atoms with Crippen molar-refractivity contribution < 1.29 is 9.59 Å². The van der Waals surface area contributed by atoms with Crippen molar-refractivity contribution in [2.24, 2.45) is 0 Å². The Morgan fingerprint density at radius 1 is 1.22 bits per heavy atom. The molecular weight excluding hydrogens is 228 g/mol. The summed E-state index contributed by atoms with van der Waals surface area (Å²) in [5.74, 6) is -0.110. The van der Waals surface area contributed by atoms with E-state index in [2.05, 4.69) is 5.32 Å². The van der Waals surface area contributed by atoms with E-state index < -0.39 is 12.1 Å². The summed E-state index contributed by atoms with van der Waals surface area (Å²) in [6.45, 7) is 5.98. The SMILES string of the molecule is Cc1ccccc1CN1C(=O)C(C)NC(=O)C1C. The second-order valence-electron chi connectivity index (χ2n) is 4.80. The van der Waals surface area contributed by atoms with Crippen LogP contribution in [0.5, 0.6) is 0 Å². The molecule has 0 saturated carbocycles. The zero-order valence-corrected chi connectivity index (χ0v) is 10.9. The smallest absolute Gasteiger partial charge is 0.245 e. The molecule has 1 aromatic carbocycles. The number of rotatable bonds is 2. The molecule has 1 aliphatic rings. The van der Waals surface area contributed by atoms with E-state index in [1.165, 1.54) is 0 Å². The Balaban J connectivity index is 2.23. The molecule has 1 aliphatic heterocycles. The van der Waals surface area contributed by atoms with E-state index in [0.29, 0.717) is 6.54 Å². The third kappa shape index (κ3) is 2.23. The Morgan fingerprint density at radius 2 is 1.89 bits per heavy atom. The van der Waals surface area contributed by atoms with Crippen LogP contribution in [-0.4, -0.2) is 28.8 Å². The second kappa shape index (κ2) is 4.80. The lowest BCUT2D eigenvalue weighted by atomic mass is 10.0. The van der Waals surface area contributed by atoms with E-state index in [1.807, 2.05) is 31.2 Å². The maximum atomic E-state index is 12.1. The van der Waals surface area contributed by atoms with Gasteiger partial charge in [0.15, 0.2) is 0 Å². The fourth-order valence-corrected chi connectivity index (χ4v) is 2.16. The van der Waals surface area contributed by atoms with Gasteiger partial charge in [-0.05, 0) is 31.9 Å². The quantitative estimate of drug-likeness (QED) is 0.853. The van der Waals surface area contributed by atoms with Crippen LogP contribution < -0.4 is 5.32 Å². The Kier molecular flexibility index (Phi) is 3.36. The van der Waals surface area contributed by atoms with Gasteiger partial charge in [0.05, 0.1) is 0 Å². The molecule has 1 aromatic rings. The molecule has 0 radical (unpaired) electrons. The van der Waals surface area contributed by atoms with Gasteiger partial charge in [0.1, 0.15) is 12.1 Å². The molecule has 96 valence electrons. The molecular formula is C14H18N2O2. The zero-order valence-electron chi connectivity index (χ0n) is 10.9. The van der Waals surface area contributed by atoms with Gasteiger partial charge in [-0.2, -0.15) is 0 Å². The summed E-state index contributed by atoms with van der Waals surface area (Å²) in [7, 11) is 0. The monoisotopic (exact) mass is 246 g/mol. The van der Waals surface area contributed by atoms with Crippen molar-refractivity contribution >= 4 is 11.8 Å². The Bertz CT molecular complexity index is 484. The summed E-state index contributed by atoms with van der Waals surface area (Å²) in [6.07, 6.45) is 0. The largest absolute Gasteiger partial charge is 0.343 e. The van der Waals surface area contributed by atoms with Gasteiger partial charge < -0.3 is 10.2 Å². The van der Waals surface area contributed by atoms with Crippen molar-refractivity contribution in [2.75, 3.05) is 0 Å². The van der Waals surface area contributed by atoms with Crippen LogP contribution in [0.2, 0.25) is 0 Å². The first-order chi connectivity index (χ1) is 8.50. The highest BCUT2D eigenvalue weighted by Gasteiger charge is 2.35. The minimum Gasteiger partial charge on any atom is -0.343 e. The third-order valence-corrected chi connectivity index (χ3v) is 3.46. The maximum absolute atomic E-state index is 12.1. The summed E-state index contributed by atoms with van der Waals surface area (Å²) in [5.41, 5.74) is 2.22. The fraction of sp³-hybridized carbons (Fsp3) is 0.429. The van der Waals surface area contributed by atoms with Crippen molar-refractivity contribution in [2.45, 2.75) is 39.4 Å². The topological polar surface area (TPSA) is 49.4 Å². The van der Waals surface area contributed by atoms with E-state index >= 15 is 0 Å². The van der Waals surface area contributed by atoms with Crippen LogP contribution in [-0.2, 0) is 16.1 Å². The highest BCUT2D eigenvalue weighted by Crippen LogP contribution is 2.16. The zero-order chi connectivity index (χ0) is 13.3. The van der Waals surface area contributed by atoms with Gasteiger partial charge in [0, 0.05) is 6.54 Å². The molecule has 4 heteroatoms. The molecule has 1 N–H and O–H groups in total. The number of benzene rings is 1. The van der Waals surface area contributed by atoms with E-state index in [0.717, 1.165) is 11.1 Å². The minimum absolute atomic E-state index is 0.0228. The number of piperazine rings is 1. The molecule has 0 spiro atoms. The van der Waals surface area contributed by atoms with Crippen LogP contribution in [0.25, 0.3) is 0 Å². The minimum atomic E-state index is -0.433.